The highest BCUT2D eigenvalue weighted by Crippen LogP contribution is 2.21. The van der Waals surface area contributed by atoms with Gasteiger partial charge in [0.2, 0.25) is 0 Å². The zero-order chi connectivity index (χ0) is 13.6. The number of aryl methyl sites for hydroxylation is 1. The molecule has 0 atom stereocenters. The third-order valence-electron chi connectivity index (χ3n) is 2.28. The highest BCUT2D eigenvalue weighted by atomic mass is 79.9. The van der Waals surface area contributed by atoms with Crippen molar-refractivity contribution in [1.29, 1.82) is 0 Å². The molecule has 0 aromatic heterocycles. The van der Waals surface area contributed by atoms with Gasteiger partial charge in [-0.3, -0.25) is 0 Å². The maximum atomic E-state index is 11.8. The van der Waals surface area contributed by atoms with Crippen molar-refractivity contribution >= 4 is 21.6 Å². The van der Waals surface area contributed by atoms with Gasteiger partial charge < -0.3 is 10.1 Å². The summed E-state index contributed by atoms with van der Waals surface area (Å²) in [4.78, 5) is 0. The highest BCUT2D eigenvalue weighted by Gasteiger charge is 2.27. The number of nitrogens with one attached hydrogen (secondary N) is 1. The van der Waals surface area contributed by atoms with Crippen LogP contribution >= 0.6 is 15.9 Å². The Labute approximate surface area is 113 Å². The van der Waals surface area contributed by atoms with Gasteiger partial charge in [0.1, 0.15) is 6.61 Å². The Kier molecular flexibility index (Phi) is 5.95. The molecule has 0 aliphatic carbocycles. The van der Waals surface area contributed by atoms with Gasteiger partial charge in [0.05, 0.1) is 6.61 Å². The zero-order valence-corrected chi connectivity index (χ0v) is 11.6. The van der Waals surface area contributed by atoms with E-state index in [1.165, 1.54) is 0 Å². The summed E-state index contributed by atoms with van der Waals surface area (Å²) in [6.45, 7) is 1.20. The van der Waals surface area contributed by atoms with Crippen molar-refractivity contribution in [3.05, 3.63) is 28.2 Å². The predicted molar refractivity (Wildman–Crippen MR) is 68.9 cm³/mol. The molecule has 1 rings (SSSR count). The molecule has 1 aromatic carbocycles. The second-order valence-corrected chi connectivity index (χ2v) is 4.67. The number of alkyl halides is 3. The van der Waals surface area contributed by atoms with Crippen LogP contribution in [0, 0.1) is 0 Å². The molecule has 0 unspecified atom stereocenters. The van der Waals surface area contributed by atoms with E-state index in [1.807, 2.05) is 25.1 Å². The molecule has 102 valence electrons. The Morgan fingerprint density at radius 2 is 2.06 bits per heavy atom. The maximum Gasteiger partial charge on any atom is 0.411 e. The molecule has 0 saturated heterocycles. The molecule has 0 amide bonds. The number of anilines is 1. The third-order valence-corrected chi connectivity index (χ3v) is 2.77. The fourth-order valence-corrected chi connectivity index (χ4v) is 1.88. The second kappa shape index (κ2) is 6.99. The van der Waals surface area contributed by atoms with Crippen molar-refractivity contribution in [2.75, 3.05) is 25.1 Å². The highest BCUT2D eigenvalue weighted by molar-refractivity contribution is 9.10. The third kappa shape index (κ3) is 5.73. The van der Waals surface area contributed by atoms with Crippen LogP contribution in [-0.2, 0) is 11.2 Å². The monoisotopic (exact) mass is 325 g/mol. The molecular formula is C12H15BrF3NO. The van der Waals surface area contributed by atoms with Crippen LogP contribution in [0.3, 0.4) is 0 Å². The lowest BCUT2D eigenvalue weighted by Gasteiger charge is -2.12. The molecule has 2 nitrogen and oxygen atoms in total. The van der Waals surface area contributed by atoms with Crippen LogP contribution in [0.25, 0.3) is 0 Å². The van der Waals surface area contributed by atoms with Crippen molar-refractivity contribution in [3.8, 4) is 0 Å². The van der Waals surface area contributed by atoms with Gasteiger partial charge in [-0.05, 0) is 30.2 Å². The molecule has 0 bridgehead atoms. The summed E-state index contributed by atoms with van der Waals surface area (Å²) in [5.74, 6) is 0. The van der Waals surface area contributed by atoms with Gasteiger partial charge in [0.15, 0.2) is 0 Å². The minimum atomic E-state index is -4.26. The molecule has 1 N–H and O–H groups in total. The van der Waals surface area contributed by atoms with Crippen molar-refractivity contribution in [2.24, 2.45) is 0 Å². The number of hydrogen-bond acceptors (Lipinski definition) is 2. The normalized spacial score (nSPS) is 11.6. The molecule has 1 aromatic rings. The van der Waals surface area contributed by atoms with Crippen LogP contribution in [0.4, 0.5) is 18.9 Å². The average Bonchev–Trinajstić information content (AvgIpc) is 2.28. The van der Waals surface area contributed by atoms with Crippen LogP contribution in [-0.4, -0.2) is 25.9 Å². The molecule has 0 aliphatic heterocycles. The Bertz CT molecular complexity index is 382. The smallest absolute Gasteiger partial charge is 0.383 e. The lowest BCUT2D eigenvalue weighted by atomic mass is 10.1. The summed E-state index contributed by atoms with van der Waals surface area (Å²) in [6.07, 6.45) is -3.41. The van der Waals surface area contributed by atoms with Gasteiger partial charge in [-0.25, -0.2) is 0 Å². The van der Waals surface area contributed by atoms with Gasteiger partial charge in [-0.15, -0.1) is 0 Å². The second-order valence-electron chi connectivity index (χ2n) is 3.75. The van der Waals surface area contributed by atoms with Crippen LogP contribution in [0.15, 0.2) is 22.7 Å². The van der Waals surface area contributed by atoms with E-state index in [9.17, 15) is 13.2 Å². The fraction of sp³-hybridized carbons (Fsp3) is 0.500. The fourth-order valence-electron chi connectivity index (χ4n) is 1.47. The minimum absolute atomic E-state index is 0.0265. The molecule has 0 radical (unpaired) electrons. The molecule has 6 heteroatoms. The van der Waals surface area contributed by atoms with Gasteiger partial charge >= 0.3 is 6.18 Å². The zero-order valence-electron chi connectivity index (χ0n) is 9.98. The van der Waals surface area contributed by atoms with E-state index in [0.29, 0.717) is 6.54 Å². The predicted octanol–water partition coefficient (Wildman–Crippen LogP) is 4.00. The summed E-state index contributed by atoms with van der Waals surface area (Å²) in [5.41, 5.74) is 2.04. The molecule has 0 fully saturated rings. The van der Waals surface area contributed by atoms with Gasteiger partial charge in [-0.1, -0.05) is 22.9 Å². The Morgan fingerprint density at radius 3 is 2.67 bits per heavy atom. The van der Waals surface area contributed by atoms with E-state index in [0.717, 1.165) is 22.1 Å². The molecular weight excluding hydrogens is 311 g/mol. The van der Waals surface area contributed by atoms with Gasteiger partial charge in [-0.2, -0.15) is 13.2 Å². The SMILES string of the molecule is CCc1cc(Br)ccc1NCCOCC(F)(F)F. The van der Waals surface area contributed by atoms with E-state index in [-0.39, 0.29) is 6.61 Å². The number of hydrogen-bond donors (Lipinski definition) is 1. The first-order chi connectivity index (χ1) is 8.42. The maximum absolute atomic E-state index is 11.8. The number of benzene rings is 1. The first-order valence-corrected chi connectivity index (χ1v) is 6.38. The van der Waals surface area contributed by atoms with E-state index < -0.39 is 12.8 Å². The quantitative estimate of drug-likeness (QED) is 0.798. The summed E-state index contributed by atoms with van der Waals surface area (Å²) < 4.78 is 41.0. The lowest BCUT2D eigenvalue weighted by molar-refractivity contribution is -0.172. The van der Waals surface area contributed by atoms with E-state index in [2.05, 4.69) is 26.0 Å². The lowest BCUT2D eigenvalue weighted by Crippen LogP contribution is -2.20. The molecule has 0 saturated carbocycles. The Hall–Kier alpha value is -0.750. The summed E-state index contributed by atoms with van der Waals surface area (Å²) in [5, 5.41) is 3.06. The summed E-state index contributed by atoms with van der Waals surface area (Å²) >= 11 is 3.37. The Morgan fingerprint density at radius 1 is 1.33 bits per heavy atom. The van der Waals surface area contributed by atoms with E-state index >= 15 is 0 Å². The van der Waals surface area contributed by atoms with Crippen molar-refractivity contribution in [3.63, 3.8) is 0 Å². The topological polar surface area (TPSA) is 21.3 Å². The molecule has 0 spiro atoms. The van der Waals surface area contributed by atoms with Crippen LogP contribution in [0.1, 0.15) is 12.5 Å². The largest absolute Gasteiger partial charge is 0.411 e. The van der Waals surface area contributed by atoms with Crippen molar-refractivity contribution in [2.45, 2.75) is 19.5 Å². The molecule has 18 heavy (non-hydrogen) atoms. The molecule has 0 aliphatic rings. The first-order valence-electron chi connectivity index (χ1n) is 5.59. The van der Waals surface area contributed by atoms with Crippen LogP contribution in [0.5, 0.6) is 0 Å². The van der Waals surface area contributed by atoms with Crippen molar-refractivity contribution < 1.29 is 17.9 Å². The summed E-state index contributed by atoms with van der Waals surface area (Å²) in [7, 11) is 0. The number of rotatable bonds is 6. The van der Waals surface area contributed by atoms with Gasteiger partial charge in [0, 0.05) is 16.7 Å². The Balaban J connectivity index is 2.35. The van der Waals surface area contributed by atoms with E-state index in [4.69, 9.17) is 0 Å². The van der Waals surface area contributed by atoms with E-state index in [1.54, 1.807) is 0 Å². The van der Waals surface area contributed by atoms with Crippen molar-refractivity contribution in [1.82, 2.24) is 0 Å². The minimum Gasteiger partial charge on any atom is -0.383 e. The van der Waals surface area contributed by atoms with Crippen LogP contribution < -0.4 is 5.32 Å². The summed E-state index contributed by atoms with van der Waals surface area (Å²) in [6, 6.07) is 5.77. The van der Waals surface area contributed by atoms with Gasteiger partial charge in [0.25, 0.3) is 0 Å². The number of ether oxygens (including phenoxy) is 1. The first kappa shape index (κ1) is 15.3. The average molecular weight is 326 g/mol. The standard InChI is InChI=1S/C12H15BrF3NO/c1-2-9-7-10(13)3-4-11(9)17-5-6-18-8-12(14,15)16/h3-4,7,17H,2,5-6,8H2,1H3. The number of halogens is 4. The van der Waals surface area contributed by atoms with Crippen LogP contribution in [0.2, 0.25) is 0 Å². The molecule has 0 heterocycles.